The van der Waals surface area contributed by atoms with Gasteiger partial charge < -0.3 is 15.5 Å². The van der Waals surface area contributed by atoms with Crippen LogP contribution in [0.2, 0.25) is 5.02 Å². The molecule has 2 amide bonds. The number of nitrogens with zero attached hydrogens (tertiary/aromatic N) is 2. The number of benzene rings is 1. The predicted octanol–water partition coefficient (Wildman–Crippen LogP) is 4.36. The lowest BCUT2D eigenvalue weighted by Crippen LogP contribution is -2.31. The SMILES string of the molecule is Cc1ccc(NC(=O)NCc2ccnc(N3CCCCC3)c2)cc1Cl. The molecule has 25 heavy (non-hydrogen) atoms. The van der Waals surface area contributed by atoms with Crippen molar-refractivity contribution in [1.29, 1.82) is 0 Å². The van der Waals surface area contributed by atoms with Gasteiger partial charge in [-0.1, -0.05) is 17.7 Å². The predicted molar refractivity (Wildman–Crippen MR) is 102 cm³/mol. The van der Waals surface area contributed by atoms with E-state index in [4.69, 9.17) is 11.6 Å². The molecule has 0 spiro atoms. The summed E-state index contributed by atoms with van der Waals surface area (Å²) >= 11 is 6.08. The van der Waals surface area contributed by atoms with Crippen LogP contribution in [-0.2, 0) is 6.54 Å². The fourth-order valence-electron chi connectivity index (χ4n) is 2.89. The quantitative estimate of drug-likeness (QED) is 0.854. The zero-order valence-corrected chi connectivity index (χ0v) is 15.1. The zero-order chi connectivity index (χ0) is 17.6. The number of hydrogen-bond donors (Lipinski definition) is 2. The average Bonchev–Trinajstić information content (AvgIpc) is 2.64. The van der Waals surface area contributed by atoms with Gasteiger partial charge in [0.05, 0.1) is 0 Å². The highest BCUT2D eigenvalue weighted by molar-refractivity contribution is 6.31. The molecule has 6 heteroatoms. The molecule has 1 aromatic heterocycles. The molecular weight excluding hydrogens is 336 g/mol. The van der Waals surface area contributed by atoms with Crippen LogP contribution in [0, 0.1) is 6.92 Å². The Morgan fingerprint density at radius 2 is 2.00 bits per heavy atom. The first-order chi connectivity index (χ1) is 12.1. The molecule has 1 aromatic carbocycles. The third kappa shape index (κ3) is 4.86. The first-order valence-corrected chi connectivity index (χ1v) is 9.00. The maximum atomic E-state index is 12.1. The van der Waals surface area contributed by atoms with Gasteiger partial charge in [0.2, 0.25) is 0 Å². The van der Waals surface area contributed by atoms with Crippen molar-refractivity contribution in [2.24, 2.45) is 0 Å². The van der Waals surface area contributed by atoms with Gasteiger partial charge in [-0.25, -0.2) is 9.78 Å². The van der Waals surface area contributed by atoms with Crippen LogP contribution in [0.3, 0.4) is 0 Å². The Kier molecular flexibility index (Phi) is 5.76. The van der Waals surface area contributed by atoms with Crippen molar-refractivity contribution in [1.82, 2.24) is 10.3 Å². The van der Waals surface area contributed by atoms with E-state index in [-0.39, 0.29) is 6.03 Å². The van der Waals surface area contributed by atoms with Gasteiger partial charge in [-0.2, -0.15) is 0 Å². The third-order valence-electron chi connectivity index (χ3n) is 4.37. The van der Waals surface area contributed by atoms with Crippen LogP contribution in [0.15, 0.2) is 36.5 Å². The number of urea groups is 1. The molecule has 1 saturated heterocycles. The van der Waals surface area contributed by atoms with Crippen molar-refractivity contribution in [3.05, 3.63) is 52.7 Å². The summed E-state index contributed by atoms with van der Waals surface area (Å²) in [7, 11) is 0. The molecule has 1 aliphatic rings. The normalized spacial score (nSPS) is 14.2. The van der Waals surface area contributed by atoms with Crippen molar-refractivity contribution in [3.63, 3.8) is 0 Å². The van der Waals surface area contributed by atoms with Crippen molar-refractivity contribution in [3.8, 4) is 0 Å². The number of rotatable bonds is 4. The second-order valence-corrected chi connectivity index (χ2v) is 6.75. The first kappa shape index (κ1) is 17.5. The number of pyridine rings is 1. The molecule has 132 valence electrons. The van der Waals surface area contributed by atoms with E-state index in [9.17, 15) is 4.79 Å². The summed E-state index contributed by atoms with van der Waals surface area (Å²) < 4.78 is 0. The van der Waals surface area contributed by atoms with E-state index >= 15 is 0 Å². The van der Waals surface area contributed by atoms with Crippen LogP contribution in [-0.4, -0.2) is 24.1 Å². The zero-order valence-electron chi connectivity index (χ0n) is 14.4. The molecule has 1 aliphatic heterocycles. The van der Waals surface area contributed by atoms with Gasteiger partial charge in [0, 0.05) is 36.5 Å². The summed E-state index contributed by atoms with van der Waals surface area (Å²) in [5.41, 5.74) is 2.69. The molecule has 0 radical (unpaired) electrons. The molecular formula is C19H23ClN4O. The van der Waals surface area contributed by atoms with Crippen molar-refractivity contribution in [2.75, 3.05) is 23.3 Å². The Morgan fingerprint density at radius 3 is 2.76 bits per heavy atom. The average molecular weight is 359 g/mol. The van der Waals surface area contributed by atoms with Crippen LogP contribution < -0.4 is 15.5 Å². The monoisotopic (exact) mass is 358 g/mol. The highest BCUT2D eigenvalue weighted by Gasteiger charge is 2.12. The van der Waals surface area contributed by atoms with E-state index in [0.717, 1.165) is 30.0 Å². The van der Waals surface area contributed by atoms with Gasteiger partial charge in [-0.15, -0.1) is 0 Å². The van der Waals surface area contributed by atoms with Crippen molar-refractivity contribution >= 4 is 29.1 Å². The minimum Gasteiger partial charge on any atom is -0.357 e. The van der Waals surface area contributed by atoms with Gasteiger partial charge in [0.15, 0.2) is 0 Å². The fourth-order valence-corrected chi connectivity index (χ4v) is 3.08. The molecule has 0 saturated carbocycles. The number of carbonyl (C=O) groups excluding carboxylic acids is 1. The molecule has 0 atom stereocenters. The van der Waals surface area contributed by atoms with E-state index < -0.39 is 0 Å². The Bertz CT molecular complexity index is 744. The lowest BCUT2D eigenvalue weighted by atomic mass is 10.1. The lowest BCUT2D eigenvalue weighted by molar-refractivity contribution is 0.251. The minimum atomic E-state index is -0.253. The summed E-state index contributed by atoms with van der Waals surface area (Å²) in [5, 5.41) is 6.31. The van der Waals surface area contributed by atoms with E-state index in [1.54, 1.807) is 12.3 Å². The highest BCUT2D eigenvalue weighted by Crippen LogP contribution is 2.20. The number of amides is 2. The number of piperidine rings is 1. The Hall–Kier alpha value is -2.27. The van der Waals surface area contributed by atoms with Crippen LogP contribution >= 0.6 is 11.6 Å². The Balaban J connectivity index is 1.55. The topological polar surface area (TPSA) is 57.3 Å². The summed E-state index contributed by atoms with van der Waals surface area (Å²) in [6.45, 7) is 4.49. The summed E-state index contributed by atoms with van der Waals surface area (Å²) in [4.78, 5) is 18.8. The molecule has 0 unspecified atom stereocenters. The highest BCUT2D eigenvalue weighted by atomic mass is 35.5. The van der Waals surface area contributed by atoms with Gasteiger partial charge in [-0.3, -0.25) is 0 Å². The lowest BCUT2D eigenvalue weighted by Gasteiger charge is -2.27. The van der Waals surface area contributed by atoms with Crippen LogP contribution in [0.4, 0.5) is 16.3 Å². The molecule has 2 heterocycles. The number of aryl methyl sites for hydroxylation is 1. The maximum absolute atomic E-state index is 12.1. The van der Waals surface area contributed by atoms with Crippen LogP contribution in [0.1, 0.15) is 30.4 Å². The molecule has 5 nitrogen and oxygen atoms in total. The van der Waals surface area contributed by atoms with Gasteiger partial charge >= 0.3 is 6.03 Å². The van der Waals surface area contributed by atoms with E-state index in [2.05, 4.69) is 20.5 Å². The van der Waals surface area contributed by atoms with E-state index in [0.29, 0.717) is 17.3 Å². The van der Waals surface area contributed by atoms with Crippen LogP contribution in [0.5, 0.6) is 0 Å². The number of anilines is 2. The van der Waals surface area contributed by atoms with Gasteiger partial charge in [0.25, 0.3) is 0 Å². The standard InChI is InChI=1S/C19H23ClN4O/c1-14-5-6-16(12-17(14)20)23-19(25)22-13-15-7-8-21-18(11-15)24-9-3-2-4-10-24/h5-8,11-12H,2-4,9-10,13H2,1H3,(H2,22,23,25). The summed E-state index contributed by atoms with van der Waals surface area (Å²) in [5.74, 6) is 0.990. The minimum absolute atomic E-state index is 0.253. The summed E-state index contributed by atoms with van der Waals surface area (Å²) in [6.07, 6.45) is 5.52. The van der Waals surface area contributed by atoms with Gasteiger partial charge in [0.1, 0.15) is 5.82 Å². The maximum Gasteiger partial charge on any atom is 0.319 e. The van der Waals surface area contributed by atoms with Crippen molar-refractivity contribution in [2.45, 2.75) is 32.7 Å². The molecule has 1 fully saturated rings. The molecule has 0 bridgehead atoms. The third-order valence-corrected chi connectivity index (χ3v) is 4.78. The van der Waals surface area contributed by atoms with Crippen molar-refractivity contribution < 1.29 is 4.79 Å². The molecule has 0 aliphatic carbocycles. The molecule has 2 N–H and O–H groups in total. The summed E-state index contributed by atoms with van der Waals surface area (Å²) in [6, 6.07) is 9.19. The number of hydrogen-bond acceptors (Lipinski definition) is 3. The fraction of sp³-hybridized carbons (Fsp3) is 0.368. The number of nitrogens with one attached hydrogen (secondary N) is 2. The molecule has 3 rings (SSSR count). The Morgan fingerprint density at radius 1 is 1.20 bits per heavy atom. The first-order valence-electron chi connectivity index (χ1n) is 8.63. The van der Waals surface area contributed by atoms with Gasteiger partial charge in [-0.05, 0) is 61.6 Å². The second kappa shape index (κ2) is 8.21. The smallest absolute Gasteiger partial charge is 0.319 e. The largest absolute Gasteiger partial charge is 0.357 e. The number of aromatic nitrogens is 1. The number of carbonyl (C=O) groups is 1. The van der Waals surface area contributed by atoms with E-state index in [1.165, 1.54) is 19.3 Å². The van der Waals surface area contributed by atoms with E-state index in [1.807, 2.05) is 31.2 Å². The number of halogens is 1. The molecule has 2 aromatic rings. The Labute approximate surface area is 153 Å². The van der Waals surface area contributed by atoms with Crippen LogP contribution in [0.25, 0.3) is 0 Å². The second-order valence-electron chi connectivity index (χ2n) is 6.34.